The van der Waals surface area contributed by atoms with Crippen LogP contribution in [0.3, 0.4) is 0 Å². The number of thiazole rings is 1. The molecule has 2 aromatic carbocycles. The molecule has 47 heavy (non-hydrogen) atoms. The summed E-state index contributed by atoms with van der Waals surface area (Å²) in [5, 5.41) is 15.3. The summed E-state index contributed by atoms with van der Waals surface area (Å²) in [5.41, 5.74) is 2.85. The predicted molar refractivity (Wildman–Crippen MR) is 172 cm³/mol. The molecule has 0 aliphatic carbocycles. The molecule has 1 amide bonds. The van der Waals surface area contributed by atoms with E-state index in [9.17, 15) is 23.1 Å². The van der Waals surface area contributed by atoms with Crippen LogP contribution < -0.4 is 5.32 Å². The topological polar surface area (TPSA) is 86.5 Å². The third kappa shape index (κ3) is 6.43. The molecule has 8 nitrogen and oxygen atoms in total. The summed E-state index contributed by atoms with van der Waals surface area (Å²) in [6.07, 6.45) is 1.62. The van der Waals surface area contributed by atoms with Crippen LogP contribution >= 0.6 is 11.3 Å². The monoisotopic (exact) mass is 658 g/mol. The lowest BCUT2D eigenvalue weighted by molar-refractivity contribution is -0.138. The van der Waals surface area contributed by atoms with E-state index in [2.05, 4.69) is 38.6 Å². The molecule has 242 valence electrons. The fourth-order valence-corrected chi connectivity index (χ4v) is 7.22. The van der Waals surface area contributed by atoms with Crippen LogP contribution in [0.2, 0.25) is 0 Å². The molecular formula is C35H33F3N6O2S. The number of piperidine rings is 1. The first-order chi connectivity index (χ1) is 22.6. The van der Waals surface area contributed by atoms with Crippen LogP contribution in [0.4, 0.5) is 18.3 Å². The number of imidazole rings is 1. The molecule has 0 radical (unpaired) electrons. The molecule has 3 aliphatic heterocycles. The molecule has 2 aromatic heterocycles. The van der Waals surface area contributed by atoms with Gasteiger partial charge in [0.25, 0.3) is 5.91 Å². The number of carbonyl (C=O) groups excluding carboxylic acids is 1. The van der Waals surface area contributed by atoms with Crippen molar-refractivity contribution in [1.29, 1.82) is 0 Å². The molecule has 0 saturated carbocycles. The van der Waals surface area contributed by atoms with Gasteiger partial charge >= 0.3 is 6.18 Å². The Balaban J connectivity index is 1.17. The van der Waals surface area contributed by atoms with E-state index in [-0.39, 0.29) is 29.3 Å². The zero-order chi connectivity index (χ0) is 32.7. The highest BCUT2D eigenvalue weighted by Gasteiger charge is 2.44. The average Bonchev–Trinajstić information content (AvgIpc) is 3.85. The number of alkyl halides is 3. The number of aliphatic hydroxyl groups is 1. The number of amides is 1. The molecule has 1 fully saturated rings. The van der Waals surface area contributed by atoms with Crippen LogP contribution in [0.25, 0.3) is 0 Å². The minimum atomic E-state index is -4.69. The molecule has 5 heterocycles. The van der Waals surface area contributed by atoms with Gasteiger partial charge in [-0.15, -0.1) is 11.3 Å². The molecule has 1 unspecified atom stereocenters. The van der Waals surface area contributed by atoms with Gasteiger partial charge in [0.15, 0.2) is 5.13 Å². The van der Waals surface area contributed by atoms with Gasteiger partial charge in [0, 0.05) is 72.4 Å². The van der Waals surface area contributed by atoms with Gasteiger partial charge in [-0.3, -0.25) is 9.69 Å². The molecule has 1 atom stereocenters. The third-order valence-corrected chi connectivity index (χ3v) is 9.72. The molecule has 3 aliphatic rings. The number of rotatable bonds is 7. The molecule has 7 rings (SSSR count). The Kier molecular flexibility index (Phi) is 8.38. The smallest absolute Gasteiger partial charge is 0.393 e. The number of likely N-dealkylation sites (tertiary alicyclic amines) is 1. The second-order valence-electron chi connectivity index (χ2n) is 12.2. The normalized spacial score (nSPS) is 17.3. The summed E-state index contributed by atoms with van der Waals surface area (Å²) in [4.78, 5) is 26.6. The van der Waals surface area contributed by atoms with E-state index in [0.29, 0.717) is 22.1 Å². The number of aliphatic hydroxyl groups excluding tert-OH is 1. The van der Waals surface area contributed by atoms with Gasteiger partial charge in [0.05, 0.1) is 23.7 Å². The van der Waals surface area contributed by atoms with Gasteiger partial charge in [-0.25, -0.2) is 9.97 Å². The Bertz CT molecular complexity index is 1870. The number of hydrogen-bond donors (Lipinski definition) is 2. The molecular weight excluding hydrogens is 625 g/mol. The first-order valence-corrected chi connectivity index (χ1v) is 16.5. The van der Waals surface area contributed by atoms with E-state index in [1.165, 1.54) is 22.3 Å². The van der Waals surface area contributed by atoms with E-state index in [4.69, 9.17) is 0 Å². The number of anilines is 1. The Labute approximate surface area is 274 Å². The molecule has 2 N–H and O–H groups in total. The maximum absolute atomic E-state index is 14.5. The highest BCUT2D eigenvalue weighted by atomic mass is 32.1. The van der Waals surface area contributed by atoms with Crippen LogP contribution in [-0.4, -0.2) is 54.5 Å². The van der Waals surface area contributed by atoms with Crippen LogP contribution in [0, 0.1) is 11.8 Å². The summed E-state index contributed by atoms with van der Waals surface area (Å²) in [5.74, 6) is 5.32. The predicted octanol–water partition coefficient (Wildman–Crippen LogP) is 5.98. The molecule has 0 bridgehead atoms. The fourth-order valence-electron chi connectivity index (χ4n) is 6.66. The summed E-state index contributed by atoms with van der Waals surface area (Å²) in [7, 11) is 0. The van der Waals surface area contributed by atoms with E-state index in [0.717, 1.165) is 69.2 Å². The molecule has 12 heteroatoms. The van der Waals surface area contributed by atoms with E-state index in [1.54, 1.807) is 17.9 Å². The van der Waals surface area contributed by atoms with Gasteiger partial charge in [-0.1, -0.05) is 30.6 Å². The van der Waals surface area contributed by atoms with Crippen molar-refractivity contribution in [1.82, 2.24) is 24.3 Å². The van der Waals surface area contributed by atoms with Crippen molar-refractivity contribution in [3.8, 4) is 11.8 Å². The van der Waals surface area contributed by atoms with E-state index < -0.39 is 23.7 Å². The van der Waals surface area contributed by atoms with E-state index >= 15 is 0 Å². The second-order valence-corrected chi connectivity index (χ2v) is 13.1. The highest BCUT2D eigenvalue weighted by Crippen LogP contribution is 2.43. The first-order valence-electron chi connectivity index (χ1n) is 15.6. The van der Waals surface area contributed by atoms with Crippen molar-refractivity contribution in [3.05, 3.63) is 111 Å². The van der Waals surface area contributed by atoms with Crippen molar-refractivity contribution in [2.75, 3.05) is 18.4 Å². The number of benzene rings is 2. The SMILES string of the molecule is C=C(Nc1nccs1)C(c1ncn2c1CCC2)N1Cc2c(cc(C#Cc3ccc(CN4CCC(O)CC4)cc3)cc2C(F)(F)F)C1=O. The van der Waals surface area contributed by atoms with E-state index in [1.807, 2.05) is 28.8 Å². The van der Waals surface area contributed by atoms with Crippen molar-refractivity contribution in [2.24, 2.45) is 0 Å². The van der Waals surface area contributed by atoms with Crippen molar-refractivity contribution in [2.45, 2.75) is 63.6 Å². The van der Waals surface area contributed by atoms with Gasteiger partial charge < -0.3 is 19.9 Å². The zero-order valence-corrected chi connectivity index (χ0v) is 26.4. The number of nitrogens with one attached hydrogen (secondary N) is 1. The standard InChI is InChI=1S/C35H33F3N6O2S/c1-22(41-34-39-12-16-47-34)32(31-30-3-2-13-43(30)21-40-31)44-20-28-27(33(44)46)17-25(18-29(28)35(36,37)38)9-6-23-4-7-24(8-5-23)19-42-14-10-26(45)11-15-42/h4-5,7-8,12,16-18,21,26,32,45H,1-3,10-11,13-15,19-20H2,(H,39,41). The number of aryl methyl sites for hydroxylation is 1. The summed E-state index contributed by atoms with van der Waals surface area (Å²) in [6.45, 7) is 7.17. The van der Waals surface area contributed by atoms with Gasteiger partial charge in [-0.05, 0) is 61.1 Å². The Hall–Kier alpha value is -4.44. The fraction of sp³-hybridized carbons (Fsp3) is 0.343. The Morgan fingerprint density at radius 2 is 1.87 bits per heavy atom. The maximum atomic E-state index is 14.5. The lowest BCUT2D eigenvalue weighted by Gasteiger charge is -2.29. The average molecular weight is 659 g/mol. The minimum Gasteiger partial charge on any atom is -0.393 e. The lowest BCUT2D eigenvalue weighted by atomic mass is 9.99. The van der Waals surface area contributed by atoms with Crippen molar-refractivity contribution < 1.29 is 23.1 Å². The largest absolute Gasteiger partial charge is 0.416 e. The van der Waals surface area contributed by atoms with Crippen LogP contribution in [-0.2, 0) is 32.2 Å². The number of carbonyl (C=O) groups is 1. The maximum Gasteiger partial charge on any atom is 0.416 e. The Morgan fingerprint density at radius 1 is 1.11 bits per heavy atom. The number of hydrogen-bond acceptors (Lipinski definition) is 7. The lowest BCUT2D eigenvalue weighted by Crippen LogP contribution is -2.35. The molecule has 1 saturated heterocycles. The summed E-state index contributed by atoms with van der Waals surface area (Å²) >= 11 is 1.36. The minimum absolute atomic E-state index is 0.0194. The van der Waals surface area contributed by atoms with Gasteiger partial charge in [0.1, 0.15) is 6.04 Å². The van der Waals surface area contributed by atoms with Crippen LogP contribution in [0.15, 0.2) is 66.6 Å². The number of halogens is 3. The second kappa shape index (κ2) is 12.6. The quantitative estimate of drug-likeness (QED) is 0.238. The molecule has 0 spiro atoms. The van der Waals surface area contributed by atoms with Crippen LogP contribution in [0.5, 0.6) is 0 Å². The third-order valence-electron chi connectivity index (χ3n) is 9.04. The zero-order valence-electron chi connectivity index (χ0n) is 25.6. The van der Waals surface area contributed by atoms with Gasteiger partial charge in [-0.2, -0.15) is 13.2 Å². The summed E-state index contributed by atoms with van der Waals surface area (Å²) < 4.78 is 45.6. The van der Waals surface area contributed by atoms with Crippen molar-refractivity contribution in [3.63, 3.8) is 0 Å². The number of fused-ring (bicyclic) bond motifs is 2. The summed E-state index contributed by atoms with van der Waals surface area (Å²) in [6, 6.07) is 9.30. The van der Waals surface area contributed by atoms with Crippen LogP contribution in [0.1, 0.15) is 74.9 Å². The van der Waals surface area contributed by atoms with Gasteiger partial charge in [0.2, 0.25) is 0 Å². The van der Waals surface area contributed by atoms with Crippen molar-refractivity contribution >= 4 is 22.4 Å². The Morgan fingerprint density at radius 3 is 2.60 bits per heavy atom. The first kappa shape index (κ1) is 31.2. The number of nitrogens with zero attached hydrogens (tertiary/aromatic N) is 5. The highest BCUT2D eigenvalue weighted by molar-refractivity contribution is 7.13. The molecule has 4 aromatic rings. The number of aromatic nitrogens is 3.